The first-order chi connectivity index (χ1) is 23.1. The van der Waals surface area contributed by atoms with Gasteiger partial charge in [0.15, 0.2) is 0 Å². The van der Waals surface area contributed by atoms with Crippen LogP contribution in [0, 0.1) is 0 Å². The maximum Gasteiger partial charge on any atom is -0.00141 e. The molecular formula is C48H42. The van der Waals surface area contributed by atoms with Gasteiger partial charge in [0.2, 0.25) is 0 Å². The molecule has 0 nitrogen and oxygen atoms in total. The minimum atomic E-state index is -0.0315. The molecule has 0 aromatic heterocycles. The first kappa shape index (κ1) is 30.2. The van der Waals surface area contributed by atoms with Crippen molar-refractivity contribution >= 4 is 32.3 Å². The fraction of sp³-hybridized carbons (Fsp3) is 0.167. The van der Waals surface area contributed by atoms with Gasteiger partial charge in [-0.25, -0.2) is 0 Å². The Morgan fingerprint density at radius 3 is 1.06 bits per heavy atom. The van der Waals surface area contributed by atoms with Gasteiger partial charge in [-0.1, -0.05) is 163 Å². The van der Waals surface area contributed by atoms with E-state index in [1.165, 1.54) is 88.0 Å². The van der Waals surface area contributed by atoms with Crippen molar-refractivity contribution in [3.63, 3.8) is 0 Å². The second-order valence-corrected chi connectivity index (χ2v) is 15.4. The third-order valence-electron chi connectivity index (χ3n) is 10.1. The smallest absolute Gasteiger partial charge is 0.00141 e. The van der Waals surface area contributed by atoms with Crippen LogP contribution in [0.1, 0.15) is 52.7 Å². The molecule has 0 atom stereocenters. The highest BCUT2D eigenvalue weighted by molar-refractivity contribution is 6.30. The summed E-state index contributed by atoms with van der Waals surface area (Å²) >= 11 is 0. The highest BCUT2D eigenvalue weighted by Gasteiger charge is 2.25. The summed E-state index contributed by atoms with van der Waals surface area (Å²) < 4.78 is 0. The van der Waals surface area contributed by atoms with Crippen molar-refractivity contribution in [3.05, 3.63) is 157 Å². The van der Waals surface area contributed by atoms with Gasteiger partial charge in [-0.15, -0.1) is 0 Å². The van der Waals surface area contributed by atoms with Crippen molar-refractivity contribution in [2.45, 2.75) is 52.4 Å². The van der Waals surface area contributed by atoms with Crippen molar-refractivity contribution < 1.29 is 0 Å². The molecule has 0 spiro atoms. The molecular weight excluding hydrogens is 577 g/mol. The zero-order valence-electron chi connectivity index (χ0n) is 28.9. The van der Waals surface area contributed by atoms with E-state index in [2.05, 4.69) is 187 Å². The maximum atomic E-state index is 2.49. The first-order valence-electron chi connectivity index (χ1n) is 17.2. The molecule has 48 heavy (non-hydrogen) atoms. The third-order valence-corrected chi connectivity index (χ3v) is 10.1. The first-order valence-corrected chi connectivity index (χ1v) is 17.2. The lowest BCUT2D eigenvalue weighted by Crippen LogP contribution is -2.12. The lowest BCUT2D eigenvalue weighted by molar-refractivity contribution is 0.591. The van der Waals surface area contributed by atoms with Crippen LogP contribution in [0.25, 0.3) is 76.8 Å². The standard InChI is InChI=1S/C48H42/c1-47(2,3)35-25-33-27-41(39-23-15-13-21-37(39)31-17-9-7-10-18-31)43-29-36(48(4,5)6)30-44-42(28-34(26-35)45(33)46(43)44)40-24-16-14-22-38(40)32-19-11-8-12-20-32/h7-30H,1-6H3. The molecule has 8 aromatic carbocycles. The van der Waals surface area contributed by atoms with Crippen molar-refractivity contribution in [1.29, 1.82) is 0 Å². The van der Waals surface area contributed by atoms with E-state index >= 15 is 0 Å². The average molecular weight is 619 g/mol. The van der Waals surface area contributed by atoms with Crippen LogP contribution in [-0.2, 0) is 10.8 Å². The van der Waals surface area contributed by atoms with Crippen LogP contribution in [0.2, 0.25) is 0 Å². The highest BCUT2D eigenvalue weighted by atomic mass is 14.3. The molecule has 0 bridgehead atoms. The summed E-state index contributed by atoms with van der Waals surface area (Å²) in [5.41, 5.74) is 12.8. The Kier molecular flexibility index (Phi) is 7.04. The molecule has 8 aromatic rings. The van der Waals surface area contributed by atoms with Gasteiger partial charge < -0.3 is 0 Å². The SMILES string of the molecule is CC(C)(C)c1cc2cc(-c3ccccc3-c3ccccc3)c3cc(C(C)(C)C)cc4c(-c5ccccc5-c5ccccc5)cc(c1)c2c34. The van der Waals surface area contributed by atoms with E-state index in [1.54, 1.807) is 0 Å². The molecule has 8 rings (SSSR count). The fourth-order valence-corrected chi connectivity index (χ4v) is 7.49. The molecule has 0 aliphatic heterocycles. The summed E-state index contributed by atoms with van der Waals surface area (Å²) in [6, 6.07) is 54.4. The number of hydrogen-bond donors (Lipinski definition) is 0. The zero-order chi connectivity index (χ0) is 33.2. The normalized spacial score (nSPS) is 12.4. The molecule has 0 heteroatoms. The Morgan fingerprint density at radius 2 is 0.667 bits per heavy atom. The van der Waals surface area contributed by atoms with Crippen molar-refractivity contribution in [3.8, 4) is 44.5 Å². The molecule has 0 aliphatic carbocycles. The van der Waals surface area contributed by atoms with Crippen molar-refractivity contribution in [1.82, 2.24) is 0 Å². The van der Waals surface area contributed by atoms with Gasteiger partial charge in [0.05, 0.1) is 0 Å². The Labute approximate surface area is 285 Å². The van der Waals surface area contributed by atoms with Gasteiger partial charge >= 0.3 is 0 Å². The summed E-state index contributed by atoms with van der Waals surface area (Å²) in [5, 5.41) is 7.96. The molecule has 0 radical (unpaired) electrons. The average Bonchev–Trinajstić information content (AvgIpc) is 3.10. The van der Waals surface area contributed by atoms with Crippen LogP contribution >= 0.6 is 0 Å². The number of benzene rings is 8. The second-order valence-electron chi connectivity index (χ2n) is 15.4. The predicted molar refractivity (Wildman–Crippen MR) is 209 cm³/mol. The second kappa shape index (κ2) is 11.2. The highest BCUT2D eigenvalue weighted by Crippen LogP contribution is 2.49. The Hall–Kier alpha value is -5.20. The Morgan fingerprint density at radius 1 is 0.312 bits per heavy atom. The minimum absolute atomic E-state index is 0.00801. The monoisotopic (exact) mass is 618 g/mol. The molecule has 0 heterocycles. The van der Waals surface area contributed by atoms with Crippen LogP contribution in [-0.4, -0.2) is 0 Å². The molecule has 0 aliphatic rings. The summed E-state index contributed by atoms with van der Waals surface area (Å²) in [6.45, 7) is 14.0. The Balaban J connectivity index is 1.58. The quantitative estimate of drug-likeness (QED) is 0.172. The molecule has 0 N–H and O–H groups in total. The van der Waals surface area contributed by atoms with E-state index in [0.29, 0.717) is 0 Å². The lowest BCUT2D eigenvalue weighted by Gasteiger charge is -2.27. The summed E-state index contributed by atoms with van der Waals surface area (Å²) in [4.78, 5) is 0. The maximum absolute atomic E-state index is 2.49. The molecule has 0 amide bonds. The van der Waals surface area contributed by atoms with Gasteiger partial charge in [0.1, 0.15) is 0 Å². The summed E-state index contributed by atoms with van der Waals surface area (Å²) in [6.07, 6.45) is 0. The largest absolute Gasteiger partial charge is 0.0622 e. The molecule has 0 saturated heterocycles. The van der Waals surface area contributed by atoms with E-state index in [9.17, 15) is 0 Å². The van der Waals surface area contributed by atoms with Gasteiger partial charge in [-0.2, -0.15) is 0 Å². The van der Waals surface area contributed by atoms with E-state index in [-0.39, 0.29) is 10.8 Å². The number of hydrogen-bond acceptors (Lipinski definition) is 0. The van der Waals surface area contributed by atoms with E-state index < -0.39 is 0 Å². The van der Waals surface area contributed by atoms with Crippen molar-refractivity contribution in [2.75, 3.05) is 0 Å². The molecule has 0 unspecified atom stereocenters. The Bertz CT molecular complexity index is 2280. The molecule has 0 saturated carbocycles. The van der Waals surface area contributed by atoms with E-state index in [0.717, 1.165) is 0 Å². The van der Waals surface area contributed by atoms with Crippen LogP contribution in [0.3, 0.4) is 0 Å². The summed E-state index contributed by atoms with van der Waals surface area (Å²) in [5.74, 6) is 0. The lowest BCUT2D eigenvalue weighted by atomic mass is 9.77. The van der Waals surface area contributed by atoms with Gasteiger partial charge in [-0.3, -0.25) is 0 Å². The van der Waals surface area contributed by atoms with E-state index in [4.69, 9.17) is 0 Å². The van der Waals surface area contributed by atoms with Crippen LogP contribution in [0.5, 0.6) is 0 Å². The predicted octanol–water partition coefficient (Wildman–Crippen LogP) is 13.8. The molecule has 0 fully saturated rings. The van der Waals surface area contributed by atoms with Crippen LogP contribution < -0.4 is 0 Å². The van der Waals surface area contributed by atoms with E-state index in [1.807, 2.05) is 0 Å². The van der Waals surface area contributed by atoms with Gasteiger partial charge in [0, 0.05) is 0 Å². The summed E-state index contributed by atoms with van der Waals surface area (Å²) in [7, 11) is 0. The van der Waals surface area contributed by atoms with Crippen LogP contribution in [0.4, 0.5) is 0 Å². The fourth-order valence-electron chi connectivity index (χ4n) is 7.49. The van der Waals surface area contributed by atoms with Gasteiger partial charge in [0.25, 0.3) is 0 Å². The topological polar surface area (TPSA) is 0 Å². The molecule has 234 valence electrons. The van der Waals surface area contributed by atoms with Crippen molar-refractivity contribution in [2.24, 2.45) is 0 Å². The minimum Gasteiger partial charge on any atom is -0.0622 e. The third kappa shape index (κ3) is 5.08. The van der Waals surface area contributed by atoms with Crippen LogP contribution in [0.15, 0.2) is 146 Å². The van der Waals surface area contributed by atoms with Gasteiger partial charge in [-0.05, 0) is 123 Å². The zero-order valence-corrected chi connectivity index (χ0v) is 28.9. The number of rotatable bonds is 4.